The summed E-state index contributed by atoms with van der Waals surface area (Å²) >= 11 is 0. The van der Waals surface area contributed by atoms with Gasteiger partial charge in [-0.2, -0.15) is 0 Å². The molecule has 2 fully saturated rings. The molecule has 30 heavy (non-hydrogen) atoms. The van der Waals surface area contributed by atoms with Crippen molar-refractivity contribution in [3.63, 3.8) is 0 Å². The van der Waals surface area contributed by atoms with E-state index in [9.17, 15) is 19.2 Å². The first-order valence-corrected chi connectivity index (χ1v) is 10.4. The normalized spacial score (nSPS) is 18.4. The summed E-state index contributed by atoms with van der Waals surface area (Å²) in [5, 5.41) is 5.62. The van der Waals surface area contributed by atoms with Crippen molar-refractivity contribution in [2.45, 2.75) is 70.9 Å². The molecule has 2 N–H and O–H groups in total. The number of esters is 1. The Labute approximate surface area is 176 Å². The second-order valence-corrected chi connectivity index (χ2v) is 8.17. The fourth-order valence-electron chi connectivity index (χ4n) is 4.12. The number of carbonyl (C=O) groups excluding carboxylic acids is 4. The lowest BCUT2D eigenvalue weighted by atomic mass is 9.98. The fourth-order valence-corrected chi connectivity index (χ4v) is 4.12. The summed E-state index contributed by atoms with van der Waals surface area (Å²) in [6.45, 7) is 5.46. The van der Waals surface area contributed by atoms with E-state index in [4.69, 9.17) is 4.74 Å². The molecule has 4 amide bonds. The molecule has 8 nitrogen and oxygen atoms in total. The van der Waals surface area contributed by atoms with Gasteiger partial charge in [0.25, 0.3) is 11.8 Å². The summed E-state index contributed by atoms with van der Waals surface area (Å²) in [5.74, 6) is -1.14. The van der Waals surface area contributed by atoms with Gasteiger partial charge >= 0.3 is 12.0 Å². The molecule has 1 heterocycles. The van der Waals surface area contributed by atoms with Gasteiger partial charge in [-0.25, -0.2) is 4.79 Å². The molecule has 2 aliphatic rings. The van der Waals surface area contributed by atoms with Crippen LogP contribution in [0.3, 0.4) is 0 Å². The third kappa shape index (κ3) is 4.47. The van der Waals surface area contributed by atoms with Crippen molar-refractivity contribution in [1.82, 2.24) is 10.2 Å². The van der Waals surface area contributed by atoms with Crippen molar-refractivity contribution in [2.24, 2.45) is 0 Å². The zero-order valence-electron chi connectivity index (χ0n) is 17.7. The molecule has 0 aromatic heterocycles. The minimum Gasteiger partial charge on any atom is -0.453 e. The van der Waals surface area contributed by atoms with E-state index in [-0.39, 0.29) is 18.9 Å². The third-order valence-electron chi connectivity index (χ3n) is 5.87. The maximum Gasteiger partial charge on any atom is 0.325 e. The molecule has 1 aromatic rings. The molecule has 0 bridgehead atoms. The molecule has 1 aliphatic heterocycles. The smallest absolute Gasteiger partial charge is 0.325 e. The number of hydrogen-bond acceptors (Lipinski definition) is 5. The van der Waals surface area contributed by atoms with E-state index >= 15 is 0 Å². The van der Waals surface area contributed by atoms with Crippen LogP contribution in [-0.2, 0) is 19.1 Å². The van der Waals surface area contributed by atoms with E-state index in [1.54, 1.807) is 0 Å². The van der Waals surface area contributed by atoms with Gasteiger partial charge in [-0.05, 0) is 51.2 Å². The van der Waals surface area contributed by atoms with Crippen LogP contribution in [0.2, 0.25) is 0 Å². The fraction of sp³-hybridized carbons (Fsp3) is 0.545. The second-order valence-electron chi connectivity index (χ2n) is 8.17. The number of imide groups is 1. The molecule has 162 valence electrons. The average molecular weight is 415 g/mol. The van der Waals surface area contributed by atoms with Gasteiger partial charge in [0.2, 0.25) is 0 Å². The number of carbonyl (C=O) groups is 4. The zero-order chi connectivity index (χ0) is 21.9. The molecule has 1 spiro atoms. The topological polar surface area (TPSA) is 105 Å². The highest BCUT2D eigenvalue weighted by atomic mass is 16.5. The molecular weight excluding hydrogens is 386 g/mol. The first-order valence-electron chi connectivity index (χ1n) is 10.4. The predicted octanol–water partition coefficient (Wildman–Crippen LogP) is 2.82. The second kappa shape index (κ2) is 8.85. The Bertz CT molecular complexity index is 840. The third-order valence-corrected chi connectivity index (χ3v) is 5.87. The Balaban J connectivity index is 1.45. The summed E-state index contributed by atoms with van der Waals surface area (Å²) in [6, 6.07) is 5.30. The van der Waals surface area contributed by atoms with Gasteiger partial charge < -0.3 is 15.4 Å². The van der Waals surface area contributed by atoms with Crippen LogP contribution in [-0.4, -0.2) is 46.9 Å². The van der Waals surface area contributed by atoms with E-state index in [2.05, 4.69) is 10.6 Å². The zero-order valence-corrected chi connectivity index (χ0v) is 17.7. The maximum absolute atomic E-state index is 12.6. The van der Waals surface area contributed by atoms with Gasteiger partial charge in [-0.3, -0.25) is 19.3 Å². The summed E-state index contributed by atoms with van der Waals surface area (Å²) in [7, 11) is 0. The Morgan fingerprint density at radius 2 is 1.83 bits per heavy atom. The number of nitrogens with zero attached hydrogens (tertiary/aromatic N) is 1. The number of ether oxygens (including phenoxy) is 1. The Kier molecular flexibility index (Phi) is 6.43. The van der Waals surface area contributed by atoms with Crippen molar-refractivity contribution in [3.05, 3.63) is 29.3 Å². The molecule has 1 saturated carbocycles. The standard InChI is InChI=1S/C22H29N3O5/c1-14-8-6-9-15(2)18(14)23-19(27)16(3)30-17(26)10-7-13-25-20(28)22(24-21(25)29)11-4-5-12-22/h6,8-9,16H,4-5,7,10-13H2,1-3H3,(H,23,27)(H,24,29)/t16-/m1/s1. The highest BCUT2D eigenvalue weighted by molar-refractivity contribution is 6.07. The van der Waals surface area contributed by atoms with Crippen LogP contribution in [0.5, 0.6) is 0 Å². The van der Waals surface area contributed by atoms with Crippen LogP contribution < -0.4 is 10.6 Å². The molecule has 0 unspecified atom stereocenters. The molecule has 1 aromatic carbocycles. The first-order chi connectivity index (χ1) is 14.2. The van der Waals surface area contributed by atoms with Crippen molar-refractivity contribution >= 4 is 29.5 Å². The van der Waals surface area contributed by atoms with Gasteiger partial charge in [0.05, 0.1) is 0 Å². The highest BCUT2D eigenvalue weighted by Crippen LogP contribution is 2.35. The van der Waals surface area contributed by atoms with Gasteiger partial charge in [0, 0.05) is 18.7 Å². The number of urea groups is 1. The Morgan fingerprint density at radius 1 is 1.20 bits per heavy atom. The van der Waals surface area contributed by atoms with Crippen molar-refractivity contribution < 1.29 is 23.9 Å². The van der Waals surface area contributed by atoms with Crippen molar-refractivity contribution in [1.29, 1.82) is 0 Å². The largest absolute Gasteiger partial charge is 0.453 e. The lowest BCUT2D eigenvalue weighted by Crippen LogP contribution is -2.44. The summed E-state index contributed by atoms with van der Waals surface area (Å²) in [5.41, 5.74) is 1.83. The highest BCUT2D eigenvalue weighted by Gasteiger charge is 2.52. The van der Waals surface area contributed by atoms with Crippen LogP contribution >= 0.6 is 0 Å². The molecular formula is C22H29N3O5. The van der Waals surface area contributed by atoms with Crippen LogP contribution in [0.1, 0.15) is 56.6 Å². The predicted molar refractivity (Wildman–Crippen MR) is 111 cm³/mol. The number of rotatable bonds is 7. The number of hydrogen-bond donors (Lipinski definition) is 2. The minimum atomic E-state index is -0.949. The van der Waals surface area contributed by atoms with Crippen molar-refractivity contribution in [3.8, 4) is 0 Å². The van der Waals surface area contributed by atoms with Gasteiger partial charge in [0.15, 0.2) is 6.10 Å². The van der Waals surface area contributed by atoms with E-state index in [0.29, 0.717) is 24.9 Å². The molecule has 1 saturated heterocycles. The molecule has 1 aliphatic carbocycles. The van der Waals surface area contributed by atoms with Gasteiger partial charge in [-0.1, -0.05) is 31.0 Å². The van der Waals surface area contributed by atoms with E-state index < -0.39 is 29.6 Å². The quantitative estimate of drug-likeness (QED) is 0.526. The minimum absolute atomic E-state index is 0.0189. The van der Waals surface area contributed by atoms with E-state index in [0.717, 1.165) is 24.0 Å². The number of para-hydroxylation sites is 1. The number of aryl methyl sites for hydroxylation is 2. The van der Waals surface area contributed by atoms with Crippen LogP contribution in [0.25, 0.3) is 0 Å². The molecule has 3 rings (SSSR count). The lowest BCUT2D eigenvalue weighted by Gasteiger charge is -2.20. The molecule has 8 heteroatoms. The van der Waals surface area contributed by atoms with Crippen LogP contribution in [0, 0.1) is 13.8 Å². The summed E-state index contributed by atoms with van der Waals surface area (Å²) in [4.78, 5) is 50.4. The lowest BCUT2D eigenvalue weighted by molar-refractivity contribution is -0.153. The number of anilines is 1. The number of benzene rings is 1. The Hall–Kier alpha value is -2.90. The number of nitrogens with one attached hydrogen (secondary N) is 2. The van der Waals surface area contributed by atoms with Gasteiger partial charge in [-0.15, -0.1) is 0 Å². The summed E-state index contributed by atoms with van der Waals surface area (Å²) < 4.78 is 5.22. The molecule has 1 atom stereocenters. The Morgan fingerprint density at radius 3 is 2.47 bits per heavy atom. The van der Waals surface area contributed by atoms with Crippen LogP contribution in [0.4, 0.5) is 10.5 Å². The van der Waals surface area contributed by atoms with E-state index in [1.165, 1.54) is 11.8 Å². The first kappa shape index (κ1) is 21.8. The monoisotopic (exact) mass is 415 g/mol. The van der Waals surface area contributed by atoms with Gasteiger partial charge in [0.1, 0.15) is 5.54 Å². The molecule has 0 radical (unpaired) electrons. The van der Waals surface area contributed by atoms with Crippen LogP contribution in [0.15, 0.2) is 18.2 Å². The van der Waals surface area contributed by atoms with E-state index in [1.807, 2.05) is 32.0 Å². The summed E-state index contributed by atoms with van der Waals surface area (Å²) in [6.07, 6.45) is 2.55. The number of amides is 4. The SMILES string of the molecule is Cc1cccc(C)c1NC(=O)[C@@H](C)OC(=O)CCCN1C(=O)NC2(CCCC2)C1=O. The maximum atomic E-state index is 12.6. The average Bonchev–Trinajstić information content (AvgIpc) is 3.25. The van der Waals surface area contributed by atoms with Crippen molar-refractivity contribution in [2.75, 3.05) is 11.9 Å².